The minimum atomic E-state index is -0.197. The second-order valence-corrected chi connectivity index (χ2v) is 5.61. The molecule has 1 unspecified atom stereocenters. The molecule has 18 heavy (non-hydrogen) atoms. The number of methoxy groups -OCH3 is 1. The van der Waals surface area contributed by atoms with Crippen LogP contribution in [-0.4, -0.2) is 30.8 Å². The van der Waals surface area contributed by atoms with Crippen LogP contribution in [0.2, 0.25) is 0 Å². The fraction of sp³-hybridized carbons (Fsp3) is 0.462. The van der Waals surface area contributed by atoms with Crippen LogP contribution >= 0.6 is 22.6 Å². The Kier molecular flexibility index (Phi) is 5.87. The van der Waals surface area contributed by atoms with Gasteiger partial charge in [0.1, 0.15) is 5.75 Å². The normalized spacial score (nSPS) is 12.5. The van der Waals surface area contributed by atoms with Gasteiger partial charge >= 0.3 is 0 Å². The lowest BCUT2D eigenvalue weighted by molar-refractivity contribution is 0.0866. The van der Waals surface area contributed by atoms with Crippen LogP contribution in [0.4, 0.5) is 0 Å². The molecule has 0 saturated heterocycles. The molecule has 2 N–H and O–H groups in total. The van der Waals surface area contributed by atoms with Gasteiger partial charge in [-0.15, -0.1) is 0 Å². The third-order valence-corrected chi connectivity index (χ3v) is 3.59. The molecule has 1 rings (SSSR count). The lowest BCUT2D eigenvalue weighted by atomic mass is 10.0. The lowest BCUT2D eigenvalue weighted by Crippen LogP contribution is -2.41. The molecule has 0 heterocycles. The number of aromatic hydroxyl groups is 1. The van der Waals surface area contributed by atoms with E-state index in [0.717, 1.165) is 3.57 Å². The van der Waals surface area contributed by atoms with Crippen LogP contribution in [0.5, 0.6) is 5.75 Å². The van der Waals surface area contributed by atoms with Crippen molar-refractivity contribution in [2.24, 2.45) is 5.92 Å². The maximum atomic E-state index is 12.0. The van der Waals surface area contributed by atoms with Crippen LogP contribution in [0.25, 0.3) is 0 Å². The minimum absolute atomic E-state index is 0.0380. The van der Waals surface area contributed by atoms with Crippen LogP contribution < -0.4 is 5.32 Å². The zero-order valence-electron chi connectivity index (χ0n) is 10.7. The summed E-state index contributed by atoms with van der Waals surface area (Å²) in [6.45, 7) is 4.52. The second kappa shape index (κ2) is 6.94. The molecule has 4 nitrogen and oxygen atoms in total. The number of hydrogen-bond acceptors (Lipinski definition) is 3. The van der Waals surface area contributed by atoms with Crippen molar-refractivity contribution >= 4 is 28.5 Å². The molecule has 0 radical (unpaired) electrons. The quantitative estimate of drug-likeness (QED) is 0.790. The van der Waals surface area contributed by atoms with Crippen LogP contribution in [0.3, 0.4) is 0 Å². The number of halogens is 1. The summed E-state index contributed by atoms with van der Waals surface area (Å²) in [4.78, 5) is 12.0. The van der Waals surface area contributed by atoms with Crippen molar-refractivity contribution in [1.82, 2.24) is 5.32 Å². The molecule has 0 bridgehead atoms. The first kappa shape index (κ1) is 15.2. The molecular formula is C13H18INO3. The van der Waals surface area contributed by atoms with E-state index in [9.17, 15) is 9.90 Å². The van der Waals surface area contributed by atoms with Gasteiger partial charge in [-0.1, -0.05) is 13.8 Å². The zero-order chi connectivity index (χ0) is 13.7. The molecule has 0 aliphatic heterocycles. The molecule has 1 atom stereocenters. The van der Waals surface area contributed by atoms with Crippen molar-refractivity contribution in [3.05, 3.63) is 27.3 Å². The van der Waals surface area contributed by atoms with Crippen LogP contribution in [-0.2, 0) is 4.74 Å². The summed E-state index contributed by atoms with van der Waals surface area (Å²) in [5.41, 5.74) is 0.453. The van der Waals surface area contributed by atoms with Gasteiger partial charge in [0, 0.05) is 12.7 Å². The number of amides is 1. The zero-order valence-corrected chi connectivity index (χ0v) is 12.9. The number of rotatable bonds is 5. The molecular weight excluding hydrogens is 345 g/mol. The van der Waals surface area contributed by atoms with E-state index in [1.54, 1.807) is 19.2 Å². The maximum Gasteiger partial charge on any atom is 0.251 e. The largest absolute Gasteiger partial charge is 0.507 e. The Hall–Kier alpha value is -0.820. The van der Waals surface area contributed by atoms with E-state index in [4.69, 9.17) is 4.74 Å². The van der Waals surface area contributed by atoms with Crippen molar-refractivity contribution in [2.45, 2.75) is 19.9 Å². The van der Waals surface area contributed by atoms with Crippen LogP contribution in [0.1, 0.15) is 24.2 Å². The first-order chi connectivity index (χ1) is 8.45. The molecule has 5 heteroatoms. The molecule has 1 aromatic rings. The Morgan fingerprint density at radius 3 is 2.67 bits per heavy atom. The first-order valence-electron chi connectivity index (χ1n) is 5.74. The maximum absolute atomic E-state index is 12.0. The van der Waals surface area contributed by atoms with E-state index in [-0.39, 0.29) is 23.6 Å². The van der Waals surface area contributed by atoms with Crippen molar-refractivity contribution in [3.63, 3.8) is 0 Å². The van der Waals surface area contributed by atoms with Crippen molar-refractivity contribution < 1.29 is 14.6 Å². The predicted molar refractivity (Wildman–Crippen MR) is 78.8 cm³/mol. The van der Waals surface area contributed by atoms with E-state index >= 15 is 0 Å². The van der Waals surface area contributed by atoms with Gasteiger partial charge in [-0.3, -0.25) is 4.79 Å². The van der Waals surface area contributed by atoms with Gasteiger partial charge in [0.05, 0.1) is 16.2 Å². The standard InChI is InChI=1S/C13H18INO3/c1-8(2)11(7-18-3)15-13(17)9-4-5-10(14)12(16)6-9/h4-6,8,11,16H,7H2,1-3H3,(H,15,17). The summed E-state index contributed by atoms with van der Waals surface area (Å²) in [5, 5.41) is 12.5. The summed E-state index contributed by atoms with van der Waals surface area (Å²) >= 11 is 2.01. The molecule has 0 aliphatic carbocycles. The average Bonchev–Trinajstić information content (AvgIpc) is 2.31. The van der Waals surface area contributed by atoms with Gasteiger partial charge in [-0.05, 0) is 46.7 Å². The Morgan fingerprint density at radius 1 is 1.50 bits per heavy atom. The summed E-state index contributed by atoms with van der Waals surface area (Å²) in [7, 11) is 1.61. The van der Waals surface area contributed by atoms with Gasteiger partial charge in [0.15, 0.2) is 0 Å². The van der Waals surface area contributed by atoms with Crippen molar-refractivity contribution in [2.75, 3.05) is 13.7 Å². The first-order valence-corrected chi connectivity index (χ1v) is 6.82. The fourth-order valence-electron chi connectivity index (χ4n) is 1.49. The highest BCUT2D eigenvalue weighted by Gasteiger charge is 2.17. The highest BCUT2D eigenvalue weighted by Crippen LogP contribution is 2.20. The molecule has 1 amide bonds. The number of ether oxygens (including phenoxy) is 1. The molecule has 0 spiro atoms. The highest BCUT2D eigenvalue weighted by atomic mass is 127. The Morgan fingerprint density at radius 2 is 2.17 bits per heavy atom. The molecule has 0 aromatic heterocycles. The third kappa shape index (κ3) is 4.13. The smallest absolute Gasteiger partial charge is 0.251 e. The number of carbonyl (C=O) groups is 1. The minimum Gasteiger partial charge on any atom is -0.507 e. The second-order valence-electron chi connectivity index (χ2n) is 4.45. The number of carbonyl (C=O) groups excluding carboxylic acids is 1. The fourth-order valence-corrected chi connectivity index (χ4v) is 1.82. The summed E-state index contributed by atoms with van der Waals surface area (Å²) < 4.78 is 5.80. The van der Waals surface area contributed by atoms with Gasteiger partial charge in [0.2, 0.25) is 0 Å². The van der Waals surface area contributed by atoms with Crippen molar-refractivity contribution in [1.29, 1.82) is 0 Å². The van der Waals surface area contributed by atoms with E-state index in [1.165, 1.54) is 6.07 Å². The number of nitrogens with one attached hydrogen (secondary N) is 1. The summed E-state index contributed by atoms with van der Waals surface area (Å²) in [6, 6.07) is 4.84. The predicted octanol–water partition coefficient (Wildman–Crippen LogP) is 2.40. The molecule has 0 aliphatic rings. The van der Waals surface area contributed by atoms with Gasteiger partial charge in [-0.2, -0.15) is 0 Å². The van der Waals surface area contributed by atoms with Gasteiger partial charge < -0.3 is 15.2 Å². The van der Waals surface area contributed by atoms with E-state index < -0.39 is 0 Å². The number of benzene rings is 1. The SMILES string of the molecule is COCC(NC(=O)c1ccc(I)c(O)c1)C(C)C. The Labute approximate surface area is 121 Å². The highest BCUT2D eigenvalue weighted by molar-refractivity contribution is 14.1. The topological polar surface area (TPSA) is 58.6 Å². The molecule has 1 aromatic carbocycles. The average molecular weight is 363 g/mol. The molecule has 0 saturated carbocycles. The Bertz CT molecular complexity index is 421. The monoisotopic (exact) mass is 363 g/mol. The number of phenols is 1. The van der Waals surface area contributed by atoms with E-state index in [2.05, 4.69) is 5.32 Å². The molecule has 100 valence electrons. The number of hydrogen-bond donors (Lipinski definition) is 2. The van der Waals surface area contributed by atoms with Crippen LogP contribution in [0, 0.1) is 9.49 Å². The van der Waals surface area contributed by atoms with Gasteiger partial charge in [-0.25, -0.2) is 0 Å². The van der Waals surface area contributed by atoms with Gasteiger partial charge in [0.25, 0.3) is 5.91 Å². The number of phenolic OH excluding ortho intramolecular Hbond substituents is 1. The van der Waals surface area contributed by atoms with E-state index in [0.29, 0.717) is 12.2 Å². The van der Waals surface area contributed by atoms with Crippen LogP contribution in [0.15, 0.2) is 18.2 Å². The van der Waals surface area contributed by atoms with E-state index in [1.807, 2.05) is 36.4 Å². The summed E-state index contributed by atoms with van der Waals surface area (Å²) in [6.07, 6.45) is 0. The molecule has 0 fully saturated rings. The summed E-state index contributed by atoms with van der Waals surface area (Å²) in [5.74, 6) is 0.208. The van der Waals surface area contributed by atoms with Crippen molar-refractivity contribution in [3.8, 4) is 5.75 Å². The Balaban J connectivity index is 2.77. The lowest BCUT2D eigenvalue weighted by Gasteiger charge is -2.21. The third-order valence-electron chi connectivity index (χ3n) is 2.68.